The van der Waals surface area contributed by atoms with E-state index in [1.165, 1.54) is 4.31 Å². The highest BCUT2D eigenvalue weighted by molar-refractivity contribution is 7.90. The minimum atomic E-state index is -3.17. The highest BCUT2D eigenvalue weighted by Gasteiger charge is 2.41. The maximum absolute atomic E-state index is 12.3. The molecule has 0 spiro atoms. The summed E-state index contributed by atoms with van der Waals surface area (Å²) < 4.78 is 25.9. The van der Waals surface area contributed by atoms with E-state index in [2.05, 4.69) is 0 Å². The Balaban J connectivity index is 1.46. The van der Waals surface area contributed by atoms with Gasteiger partial charge in [-0.2, -0.15) is 4.31 Å². The van der Waals surface area contributed by atoms with Gasteiger partial charge in [0.1, 0.15) is 0 Å². The number of ketones is 1. The Morgan fingerprint density at radius 3 is 2.16 bits per heavy atom. The highest BCUT2D eigenvalue weighted by Crippen LogP contribution is 2.31. The Morgan fingerprint density at radius 1 is 1.00 bits per heavy atom. The molecule has 1 saturated carbocycles. The van der Waals surface area contributed by atoms with Gasteiger partial charge < -0.3 is 4.90 Å². The highest BCUT2D eigenvalue weighted by atomic mass is 35.5. The molecule has 0 unspecified atom stereocenters. The number of benzene rings is 1. The average molecular weight is 385 g/mol. The van der Waals surface area contributed by atoms with Gasteiger partial charge >= 0.3 is 0 Å². The monoisotopic (exact) mass is 384 g/mol. The van der Waals surface area contributed by atoms with Gasteiger partial charge in [0, 0.05) is 49.6 Å². The second kappa shape index (κ2) is 7.43. The Labute approximate surface area is 152 Å². The van der Waals surface area contributed by atoms with Crippen LogP contribution in [-0.2, 0) is 14.8 Å². The van der Waals surface area contributed by atoms with Gasteiger partial charge in [-0.15, -0.1) is 0 Å². The molecule has 0 aromatic heterocycles. The van der Waals surface area contributed by atoms with E-state index >= 15 is 0 Å². The predicted octanol–water partition coefficient (Wildman–Crippen LogP) is 1.94. The van der Waals surface area contributed by atoms with Crippen molar-refractivity contribution in [1.82, 2.24) is 9.21 Å². The molecule has 0 N–H and O–H groups in total. The van der Waals surface area contributed by atoms with E-state index in [1.54, 1.807) is 29.2 Å². The van der Waals surface area contributed by atoms with Crippen LogP contribution in [0.3, 0.4) is 0 Å². The van der Waals surface area contributed by atoms with Crippen molar-refractivity contribution < 1.29 is 18.0 Å². The number of hydrogen-bond acceptors (Lipinski definition) is 4. The molecule has 0 bridgehead atoms. The number of halogens is 1. The summed E-state index contributed by atoms with van der Waals surface area (Å²) in [5, 5.41) is 0.346. The summed E-state index contributed by atoms with van der Waals surface area (Å²) in [4.78, 5) is 26.0. The van der Waals surface area contributed by atoms with Crippen molar-refractivity contribution >= 4 is 33.3 Å². The molecule has 1 aromatic rings. The van der Waals surface area contributed by atoms with Gasteiger partial charge in [-0.25, -0.2) is 8.42 Å². The summed E-state index contributed by atoms with van der Waals surface area (Å²) in [7, 11) is -3.17. The molecule has 2 fully saturated rings. The molecule has 136 valence electrons. The lowest BCUT2D eigenvalue weighted by Gasteiger charge is -2.34. The molecular formula is C17H21ClN2O4S. The lowest BCUT2D eigenvalue weighted by molar-refractivity contribution is -0.132. The van der Waals surface area contributed by atoms with Gasteiger partial charge in [-0.1, -0.05) is 11.6 Å². The molecule has 0 atom stereocenters. The molecule has 1 aliphatic heterocycles. The third-order valence-electron chi connectivity index (χ3n) is 4.63. The maximum Gasteiger partial charge on any atom is 0.223 e. The van der Waals surface area contributed by atoms with Gasteiger partial charge in [0.05, 0.1) is 5.25 Å². The van der Waals surface area contributed by atoms with E-state index in [0.717, 1.165) is 12.8 Å². The van der Waals surface area contributed by atoms with Crippen LogP contribution in [0, 0.1) is 0 Å². The Bertz CT molecular complexity index is 751. The number of sulfonamides is 1. The summed E-state index contributed by atoms with van der Waals surface area (Å²) in [5.41, 5.74) is 0.539. The first kappa shape index (κ1) is 18.4. The van der Waals surface area contributed by atoms with E-state index < -0.39 is 10.0 Å². The maximum atomic E-state index is 12.3. The Hall–Kier alpha value is -1.44. The fraction of sp³-hybridized carbons (Fsp3) is 0.529. The van der Waals surface area contributed by atoms with Crippen LogP contribution in [0.4, 0.5) is 0 Å². The standard InChI is InChI=1S/C17H21ClN2O4S/c18-14-3-1-13(2-4-14)16(21)7-8-17(22)19-9-11-20(12-10-19)25(23,24)15-5-6-15/h1-4,15H,5-12H2. The average Bonchev–Trinajstić information content (AvgIpc) is 3.46. The molecule has 25 heavy (non-hydrogen) atoms. The lowest BCUT2D eigenvalue weighted by atomic mass is 10.1. The SMILES string of the molecule is O=C(CCC(=O)N1CCN(S(=O)(=O)C2CC2)CC1)c1ccc(Cl)cc1. The molecule has 0 radical (unpaired) electrons. The summed E-state index contributed by atoms with van der Waals surface area (Å²) in [5.74, 6) is -0.203. The van der Waals surface area contributed by atoms with E-state index in [4.69, 9.17) is 11.6 Å². The number of carbonyl (C=O) groups excluding carboxylic acids is 2. The van der Waals surface area contributed by atoms with Crippen molar-refractivity contribution in [3.8, 4) is 0 Å². The van der Waals surface area contributed by atoms with Gasteiger partial charge in [0.25, 0.3) is 0 Å². The van der Waals surface area contributed by atoms with Crippen molar-refractivity contribution in [1.29, 1.82) is 0 Å². The number of piperazine rings is 1. The molecule has 1 saturated heterocycles. The van der Waals surface area contributed by atoms with E-state index in [1.807, 2.05) is 0 Å². The van der Waals surface area contributed by atoms with Crippen molar-refractivity contribution in [2.75, 3.05) is 26.2 Å². The smallest absolute Gasteiger partial charge is 0.223 e. The van der Waals surface area contributed by atoms with Crippen molar-refractivity contribution in [2.45, 2.75) is 30.9 Å². The van der Waals surface area contributed by atoms with Crippen LogP contribution in [0.1, 0.15) is 36.0 Å². The second-order valence-corrected chi connectivity index (χ2v) is 9.10. The molecule has 1 aliphatic carbocycles. The molecule has 3 rings (SSSR count). The molecule has 6 nitrogen and oxygen atoms in total. The first-order chi connectivity index (χ1) is 11.9. The molecular weight excluding hydrogens is 364 g/mol. The topological polar surface area (TPSA) is 74.8 Å². The van der Waals surface area contributed by atoms with Crippen LogP contribution in [0.5, 0.6) is 0 Å². The zero-order chi connectivity index (χ0) is 18.0. The first-order valence-corrected chi connectivity index (χ1v) is 10.3. The summed E-state index contributed by atoms with van der Waals surface area (Å²) >= 11 is 5.79. The normalized spacial score (nSPS) is 19.0. The van der Waals surface area contributed by atoms with Gasteiger partial charge in [-0.3, -0.25) is 9.59 Å². The van der Waals surface area contributed by atoms with Crippen molar-refractivity contribution in [2.24, 2.45) is 0 Å². The number of hydrogen-bond donors (Lipinski definition) is 0. The number of amides is 1. The quantitative estimate of drug-likeness (QED) is 0.702. The second-order valence-electron chi connectivity index (χ2n) is 6.45. The summed E-state index contributed by atoms with van der Waals surface area (Å²) in [6.07, 6.45) is 1.76. The fourth-order valence-corrected chi connectivity index (χ4v) is 4.88. The van der Waals surface area contributed by atoms with Crippen molar-refractivity contribution in [3.05, 3.63) is 34.9 Å². The summed E-state index contributed by atoms with van der Waals surface area (Å²) in [6, 6.07) is 6.60. The minimum Gasteiger partial charge on any atom is -0.340 e. The fourth-order valence-electron chi connectivity index (χ4n) is 2.93. The molecule has 2 aliphatic rings. The van der Waals surface area contributed by atoms with Crippen LogP contribution >= 0.6 is 11.6 Å². The predicted molar refractivity (Wildman–Crippen MR) is 95.1 cm³/mol. The zero-order valence-electron chi connectivity index (χ0n) is 13.9. The van der Waals surface area contributed by atoms with Crippen LogP contribution < -0.4 is 0 Å². The Morgan fingerprint density at radius 2 is 1.60 bits per heavy atom. The minimum absolute atomic E-state index is 0.0973. The summed E-state index contributed by atoms with van der Waals surface area (Å²) in [6.45, 7) is 1.46. The Kier molecular flexibility index (Phi) is 5.46. The zero-order valence-corrected chi connectivity index (χ0v) is 15.4. The van der Waals surface area contributed by atoms with E-state index in [0.29, 0.717) is 36.8 Å². The molecule has 8 heteroatoms. The number of nitrogens with zero attached hydrogens (tertiary/aromatic N) is 2. The third kappa shape index (κ3) is 4.40. The molecule has 1 aromatic carbocycles. The van der Waals surface area contributed by atoms with Crippen LogP contribution in [0.15, 0.2) is 24.3 Å². The van der Waals surface area contributed by atoms with Crippen LogP contribution in [-0.4, -0.2) is 60.7 Å². The largest absolute Gasteiger partial charge is 0.340 e. The lowest BCUT2D eigenvalue weighted by Crippen LogP contribution is -2.51. The number of Topliss-reactive ketones (excluding diaryl/α,β-unsaturated/α-hetero) is 1. The van der Waals surface area contributed by atoms with E-state index in [-0.39, 0.29) is 29.8 Å². The number of rotatable bonds is 6. The molecule has 1 amide bonds. The third-order valence-corrected chi connectivity index (χ3v) is 7.28. The van der Waals surface area contributed by atoms with Crippen LogP contribution in [0.25, 0.3) is 0 Å². The molecule has 1 heterocycles. The van der Waals surface area contributed by atoms with Gasteiger partial charge in [0.2, 0.25) is 15.9 Å². The number of carbonyl (C=O) groups is 2. The first-order valence-electron chi connectivity index (χ1n) is 8.43. The van der Waals surface area contributed by atoms with Crippen molar-refractivity contribution in [3.63, 3.8) is 0 Å². The van der Waals surface area contributed by atoms with Gasteiger partial charge in [-0.05, 0) is 37.1 Å². The van der Waals surface area contributed by atoms with E-state index in [9.17, 15) is 18.0 Å². The van der Waals surface area contributed by atoms with Crippen LogP contribution in [0.2, 0.25) is 5.02 Å². The van der Waals surface area contributed by atoms with Gasteiger partial charge in [0.15, 0.2) is 5.78 Å².